The molecule has 1 saturated heterocycles. The van der Waals surface area contributed by atoms with E-state index in [0.29, 0.717) is 22.8 Å². The van der Waals surface area contributed by atoms with Crippen LogP contribution in [0.1, 0.15) is 16.7 Å². The molecule has 10 heteroatoms. The van der Waals surface area contributed by atoms with E-state index in [1.165, 1.54) is 21.6 Å². The minimum Gasteiger partial charge on any atom is -0.505 e. The number of aromatic hydroxyl groups is 2. The van der Waals surface area contributed by atoms with Crippen molar-refractivity contribution in [3.63, 3.8) is 0 Å². The zero-order valence-corrected chi connectivity index (χ0v) is 19.1. The number of carbonyl (C=O) groups excluding carboxylic acids is 1. The largest absolute Gasteiger partial charge is 0.505 e. The van der Waals surface area contributed by atoms with Gasteiger partial charge < -0.3 is 19.7 Å². The molecule has 1 fully saturated rings. The summed E-state index contributed by atoms with van der Waals surface area (Å²) in [5, 5.41) is 22.6. The molecule has 2 N–H and O–H groups in total. The normalized spacial score (nSPS) is 15.4. The number of carbonyl (C=O) groups is 1. The molecular weight excluding hydrogens is 461 g/mol. The standard InChI is InChI=1S/C24H22FN3O5S/c1-27-12-19-17(10-20(29)28-6-7-34(32,33)13-28)18-9-15(8-14-2-4-16(25)5-3-14)11-26-22(18)23(30)21(19)24(27)31/h2-5,9,11-12,30-31H,6-8,10,13H2,1H3. The number of amides is 1. The van der Waals surface area contributed by atoms with Crippen molar-refractivity contribution < 1.29 is 27.8 Å². The highest BCUT2D eigenvalue weighted by molar-refractivity contribution is 7.91. The average molecular weight is 484 g/mol. The Morgan fingerprint density at radius 3 is 2.56 bits per heavy atom. The van der Waals surface area contributed by atoms with Gasteiger partial charge in [-0.3, -0.25) is 9.78 Å². The number of benzene rings is 2. The number of hydrogen-bond donors (Lipinski definition) is 2. The number of nitrogens with zero attached hydrogens (tertiary/aromatic N) is 3. The molecule has 0 aliphatic carbocycles. The van der Waals surface area contributed by atoms with Crippen molar-refractivity contribution in [1.29, 1.82) is 0 Å². The van der Waals surface area contributed by atoms with E-state index in [4.69, 9.17) is 0 Å². The van der Waals surface area contributed by atoms with Gasteiger partial charge >= 0.3 is 0 Å². The molecule has 2 aromatic carbocycles. The zero-order chi connectivity index (χ0) is 24.2. The van der Waals surface area contributed by atoms with Crippen LogP contribution in [0.3, 0.4) is 0 Å². The zero-order valence-electron chi connectivity index (χ0n) is 18.3. The number of halogens is 1. The fourth-order valence-corrected chi connectivity index (χ4v) is 5.84. The van der Waals surface area contributed by atoms with Gasteiger partial charge in [0.15, 0.2) is 15.6 Å². The SMILES string of the molecule is Cn1cc2c(CC(=O)N3CCS(=O)(=O)C3)c3cc(Cc4ccc(F)cc4)cnc3c(O)c2c1O. The van der Waals surface area contributed by atoms with Crippen LogP contribution >= 0.6 is 0 Å². The second-order valence-corrected chi connectivity index (χ2v) is 10.8. The number of aryl methyl sites for hydroxylation is 1. The molecule has 0 saturated carbocycles. The monoisotopic (exact) mass is 483 g/mol. The van der Waals surface area contributed by atoms with Crippen molar-refractivity contribution in [1.82, 2.24) is 14.5 Å². The summed E-state index contributed by atoms with van der Waals surface area (Å²) < 4.78 is 38.4. The molecule has 0 radical (unpaired) electrons. The molecular formula is C24H22FN3O5S. The van der Waals surface area contributed by atoms with Crippen molar-refractivity contribution in [3.05, 3.63) is 65.2 Å². The van der Waals surface area contributed by atoms with E-state index in [0.717, 1.165) is 11.1 Å². The van der Waals surface area contributed by atoms with Crippen molar-refractivity contribution >= 4 is 37.4 Å². The summed E-state index contributed by atoms with van der Waals surface area (Å²) in [5.74, 6) is -1.44. The number of phenolic OH excluding ortho intramolecular Hbond substituents is 1. The van der Waals surface area contributed by atoms with E-state index in [-0.39, 0.29) is 58.9 Å². The predicted octanol–water partition coefficient (Wildman–Crippen LogP) is 2.62. The number of phenols is 1. The lowest BCUT2D eigenvalue weighted by Crippen LogP contribution is -2.30. The number of aromatic nitrogens is 2. The first-order valence-electron chi connectivity index (χ1n) is 10.7. The summed E-state index contributed by atoms with van der Waals surface area (Å²) in [4.78, 5) is 18.8. The Kier molecular flexibility index (Phi) is 5.20. The molecule has 1 amide bonds. The van der Waals surface area contributed by atoms with E-state index in [1.807, 2.05) is 6.07 Å². The van der Waals surface area contributed by atoms with Gasteiger partial charge in [-0.2, -0.15) is 0 Å². The molecule has 0 atom stereocenters. The third-order valence-electron chi connectivity index (χ3n) is 6.23. The van der Waals surface area contributed by atoms with Gasteiger partial charge in [0.25, 0.3) is 0 Å². The quantitative estimate of drug-likeness (QED) is 0.462. The molecule has 1 aliphatic heterocycles. The van der Waals surface area contributed by atoms with Gasteiger partial charge in [-0.25, -0.2) is 12.8 Å². The summed E-state index contributed by atoms with van der Waals surface area (Å²) in [7, 11) is -1.67. The van der Waals surface area contributed by atoms with Crippen molar-refractivity contribution in [3.8, 4) is 11.6 Å². The third kappa shape index (κ3) is 3.83. The van der Waals surface area contributed by atoms with Crippen LogP contribution in [0.25, 0.3) is 21.7 Å². The molecule has 5 rings (SSSR count). The van der Waals surface area contributed by atoms with Crippen LogP contribution in [-0.2, 0) is 34.5 Å². The number of rotatable bonds is 4. The minimum atomic E-state index is -3.29. The summed E-state index contributed by atoms with van der Waals surface area (Å²) in [5.41, 5.74) is 2.43. The van der Waals surface area contributed by atoms with E-state index in [2.05, 4.69) is 4.98 Å². The van der Waals surface area contributed by atoms with Crippen molar-refractivity contribution in [2.75, 3.05) is 18.2 Å². The van der Waals surface area contributed by atoms with Gasteiger partial charge in [-0.1, -0.05) is 12.1 Å². The van der Waals surface area contributed by atoms with Crippen LogP contribution in [-0.4, -0.2) is 57.2 Å². The Bertz CT molecular complexity index is 1560. The maximum atomic E-state index is 13.3. The van der Waals surface area contributed by atoms with Crippen molar-refractivity contribution in [2.45, 2.75) is 12.8 Å². The highest BCUT2D eigenvalue weighted by atomic mass is 32.2. The number of sulfone groups is 1. The Labute approximate surface area is 194 Å². The fraction of sp³-hybridized carbons (Fsp3) is 0.250. The lowest BCUT2D eigenvalue weighted by molar-refractivity contribution is -0.129. The van der Waals surface area contributed by atoms with Crippen molar-refractivity contribution in [2.24, 2.45) is 7.05 Å². The van der Waals surface area contributed by atoms with Gasteiger partial charge in [-0.15, -0.1) is 0 Å². The number of hydrogen-bond acceptors (Lipinski definition) is 6. The predicted molar refractivity (Wildman–Crippen MR) is 125 cm³/mol. The number of pyridine rings is 1. The van der Waals surface area contributed by atoms with E-state index < -0.39 is 9.84 Å². The highest BCUT2D eigenvalue weighted by Crippen LogP contribution is 2.42. The molecule has 0 bridgehead atoms. The summed E-state index contributed by atoms with van der Waals surface area (Å²) >= 11 is 0. The lowest BCUT2D eigenvalue weighted by Gasteiger charge is -2.16. The first-order valence-corrected chi connectivity index (χ1v) is 12.5. The summed E-state index contributed by atoms with van der Waals surface area (Å²) in [6.45, 7) is 0.133. The van der Waals surface area contributed by atoms with E-state index >= 15 is 0 Å². The molecule has 0 spiro atoms. The van der Waals surface area contributed by atoms with E-state index in [1.54, 1.807) is 31.6 Å². The third-order valence-corrected chi connectivity index (χ3v) is 7.74. The molecule has 1 aliphatic rings. The topological polar surface area (TPSA) is 113 Å². The highest BCUT2D eigenvalue weighted by Gasteiger charge is 2.30. The van der Waals surface area contributed by atoms with Crippen LogP contribution in [0, 0.1) is 5.82 Å². The lowest BCUT2D eigenvalue weighted by atomic mass is 9.96. The van der Waals surface area contributed by atoms with Crippen LogP contribution < -0.4 is 0 Å². The minimum absolute atomic E-state index is 0.0695. The van der Waals surface area contributed by atoms with Gasteiger partial charge in [0, 0.05) is 36.8 Å². The van der Waals surface area contributed by atoms with Crippen LogP contribution in [0.5, 0.6) is 11.6 Å². The average Bonchev–Trinajstić information content (AvgIpc) is 3.31. The van der Waals surface area contributed by atoms with Crippen LogP contribution in [0.4, 0.5) is 4.39 Å². The Morgan fingerprint density at radius 1 is 1.15 bits per heavy atom. The van der Waals surface area contributed by atoms with Gasteiger partial charge in [-0.05, 0) is 41.3 Å². The molecule has 34 heavy (non-hydrogen) atoms. The molecule has 0 unspecified atom stereocenters. The fourth-order valence-electron chi connectivity index (χ4n) is 4.47. The molecule has 176 valence electrons. The molecule has 2 aromatic heterocycles. The Hall–Kier alpha value is -3.66. The number of fused-ring (bicyclic) bond motifs is 2. The van der Waals surface area contributed by atoms with E-state index in [9.17, 15) is 27.8 Å². The first kappa shape index (κ1) is 22.1. The van der Waals surface area contributed by atoms with Crippen LogP contribution in [0.15, 0.2) is 42.7 Å². The van der Waals surface area contributed by atoms with Crippen LogP contribution in [0.2, 0.25) is 0 Å². The van der Waals surface area contributed by atoms with Gasteiger partial charge in [0.05, 0.1) is 17.6 Å². The maximum absolute atomic E-state index is 13.3. The Morgan fingerprint density at radius 2 is 1.88 bits per heavy atom. The molecule has 3 heterocycles. The molecule has 4 aromatic rings. The van der Waals surface area contributed by atoms with Gasteiger partial charge in [0.2, 0.25) is 11.8 Å². The molecule has 8 nitrogen and oxygen atoms in total. The first-order chi connectivity index (χ1) is 16.1. The summed E-state index contributed by atoms with van der Waals surface area (Å²) in [6.07, 6.45) is 3.56. The van der Waals surface area contributed by atoms with Gasteiger partial charge in [0.1, 0.15) is 17.2 Å². The smallest absolute Gasteiger partial charge is 0.227 e. The second kappa shape index (κ2) is 7.98. The maximum Gasteiger partial charge on any atom is 0.227 e. The Balaban J connectivity index is 1.64. The second-order valence-electron chi connectivity index (χ2n) is 8.63. The summed E-state index contributed by atoms with van der Waals surface area (Å²) in [6, 6.07) is 7.92.